The molecule has 1 saturated carbocycles. The van der Waals surface area contributed by atoms with E-state index in [1.807, 2.05) is 30.3 Å². The van der Waals surface area contributed by atoms with Crippen LogP contribution in [0.2, 0.25) is 0 Å². The maximum absolute atomic E-state index is 12.0. The lowest BCUT2D eigenvalue weighted by Crippen LogP contribution is -2.30. The summed E-state index contributed by atoms with van der Waals surface area (Å²) >= 11 is 0. The van der Waals surface area contributed by atoms with Crippen LogP contribution in [-0.2, 0) is 4.79 Å². The van der Waals surface area contributed by atoms with E-state index in [1.54, 1.807) is 0 Å². The van der Waals surface area contributed by atoms with Crippen molar-refractivity contribution in [2.24, 2.45) is 22.5 Å². The Hall–Kier alpha value is -1.35. The third kappa shape index (κ3) is 2.73. The van der Waals surface area contributed by atoms with Crippen molar-refractivity contribution >= 4 is 5.91 Å². The Balaban J connectivity index is 1.80. The zero-order chi connectivity index (χ0) is 15.0. The van der Waals surface area contributed by atoms with Crippen LogP contribution < -0.4 is 11.1 Å². The SMILES string of the molecule is CC1(C)C(CNC(=O)CC(N)c2ccccc2)C1(C)C. The smallest absolute Gasteiger partial charge is 0.221 e. The van der Waals surface area contributed by atoms with E-state index in [0.717, 1.165) is 12.1 Å². The molecule has 1 unspecified atom stereocenters. The molecule has 2 rings (SSSR count). The lowest BCUT2D eigenvalue weighted by atomic mass is 10.0. The average molecular weight is 274 g/mol. The van der Waals surface area contributed by atoms with E-state index in [1.165, 1.54) is 0 Å². The van der Waals surface area contributed by atoms with Crippen LogP contribution in [0.15, 0.2) is 30.3 Å². The molecule has 1 aliphatic carbocycles. The highest BCUT2D eigenvalue weighted by Gasteiger charge is 2.64. The van der Waals surface area contributed by atoms with Gasteiger partial charge < -0.3 is 11.1 Å². The van der Waals surface area contributed by atoms with Gasteiger partial charge in [0.25, 0.3) is 0 Å². The quantitative estimate of drug-likeness (QED) is 0.867. The van der Waals surface area contributed by atoms with Gasteiger partial charge in [-0.3, -0.25) is 4.79 Å². The first-order valence-electron chi connectivity index (χ1n) is 7.34. The van der Waals surface area contributed by atoms with E-state index < -0.39 is 0 Å². The van der Waals surface area contributed by atoms with Crippen LogP contribution >= 0.6 is 0 Å². The van der Waals surface area contributed by atoms with Gasteiger partial charge in [0.1, 0.15) is 0 Å². The molecule has 0 aromatic heterocycles. The second kappa shape index (κ2) is 5.21. The molecule has 3 nitrogen and oxygen atoms in total. The van der Waals surface area contributed by atoms with Gasteiger partial charge >= 0.3 is 0 Å². The molecule has 0 radical (unpaired) electrons. The Morgan fingerprint density at radius 2 is 1.75 bits per heavy atom. The maximum Gasteiger partial charge on any atom is 0.221 e. The summed E-state index contributed by atoms with van der Waals surface area (Å²) in [5.74, 6) is 0.590. The fourth-order valence-electron chi connectivity index (χ4n) is 3.15. The monoisotopic (exact) mass is 274 g/mol. The Kier molecular flexibility index (Phi) is 3.92. The molecule has 0 aliphatic heterocycles. The van der Waals surface area contributed by atoms with Crippen molar-refractivity contribution in [2.75, 3.05) is 6.54 Å². The minimum atomic E-state index is -0.226. The number of nitrogens with one attached hydrogen (secondary N) is 1. The fourth-order valence-corrected chi connectivity index (χ4v) is 3.15. The third-order valence-electron chi connectivity index (χ3n) is 5.46. The molecule has 0 saturated heterocycles. The Labute approximate surface area is 121 Å². The summed E-state index contributed by atoms with van der Waals surface area (Å²) in [5.41, 5.74) is 7.69. The van der Waals surface area contributed by atoms with Crippen molar-refractivity contribution < 1.29 is 4.79 Å². The third-order valence-corrected chi connectivity index (χ3v) is 5.46. The van der Waals surface area contributed by atoms with Gasteiger partial charge in [-0.05, 0) is 22.3 Å². The Morgan fingerprint density at radius 3 is 2.25 bits per heavy atom. The van der Waals surface area contributed by atoms with E-state index >= 15 is 0 Å². The molecule has 1 atom stereocenters. The molecular weight excluding hydrogens is 248 g/mol. The normalized spacial score (nSPS) is 21.2. The molecule has 3 heteroatoms. The highest BCUT2D eigenvalue weighted by atomic mass is 16.1. The zero-order valence-electron chi connectivity index (χ0n) is 12.9. The number of hydrogen-bond acceptors (Lipinski definition) is 2. The first kappa shape index (κ1) is 15.0. The predicted molar refractivity (Wildman–Crippen MR) is 82.0 cm³/mol. The number of rotatable bonds is 5. The Morgan fingerprint density at radius 1 is 1.20 bits per heavy atom. The lowest BCUT2D eigenvalue weighted by Gasteiger charge is -2.12. The molecule has 0 heterocycles. The molecule has 0 spiro atoms. The van der Waals surface area contributed by atoms with Crippen LogP contribution in [0.4, 0.5) is 0 Å². The molecule has 1 aliphatic rings. The van der Waals surface area contributed by atoms with E-state index in [0.29, 0.717) is 23.2 Å². The standard InChI is InChI=1S/C17H26N2O/c1-16(2)14(17(16,3)4)11-19-15(20)10-13(18)12-8-6-5-7-9-12/h5-9,13-14H,10-11,18H2,1-4H3,(H,19,20). The van der Waals surface area contributed by atoms with Gasteiger partial charge in [0.15, 0.2) is 0 Å². The largest absolute Gasteiger partial charge is 0.356 e. The zero-order valence-corrected chi connectivity index (χ0v) is 12.9. The number of benzene rings is 1. The highest BCUT2D eigenvalue weighted by Crippen LogP contribution is 2.67. The molecule has 1 aromatic carbocycles. The van der Waals surface area contributed by atoms with Gasteiger partial charge in [-0.1, -0.05) is 58.0 Å². The second-order valence-electron chi connectivity index (χ2n) is 7.02. The van der Waals surface area contributed by atoms with Crippen LogP contribution in [0.5, 0.6) is 0 Å². The van der Waals surface area contributed by atoms with Gasteiger partial charge in [-0.25, -0.2) is 0 Å². The molecule has 1 aromatic rings. The van der Waals surface area contributed by atoms with E-state index in [2.05, 4.69) is 33.0 Å². The van der Waals surface area contributed by atoms with Crippen LogP contribution in [-0.4, -0.2) is 12.5 Å². The summed E-state index contributed by atoms with van der Waals surface area (Å²) in [6.07, 6.45) is 0.345. The molecule has 110 valence electrons. The number of hydrogen-bond donors (Lipinski definition) is 2. The summed E-state index contributed by atoms with van der Waals surface area (Å²) in [6.45, 7) is 9.80. The number of amides is 1. The molecule has 3 N–H and O–H groups in total. The first-order valence-corrected chi connectivity index (χ1v) is 7.34. The van der Waals surface area contributed by atoms with E-state index in [-0.39, 0.29) is 11.9 Å². The predicted octanol–water partition coefficient (Wildman–Crippen LogP) is 2.87. The molecule has 1 amide bonds. The molecule has 20 heavy (non-hydrogen) atoms. The fraction of sp³-hybridized carbons (Fsp3) is 0.588. The van der Waals surface area contributed by atoms with Crippen molar-refractivity contribution in [3.63, 3.8) is 0 Å². The van der Waals surface area contributed by atoms with Crippen molar-refractivity contribution in [2.45, 2.75) is 40.2 Å². The van der Waals surface area contributed by atoms with Crippen LogP contribution in [0.3, 0.4) is 0 Å². The summed E-state index contributed by atoms with van der Waals surface area (Å²) < 4.78 is 0. The maximum atomic E-state index is 12.0. The molecule has 0 bridgehead atoms. The summed E-state index contributed by atoms with van der Waals surface area (Å²) in [6, 6.07) is 9.55. The van der Waals surface area contributed by atoms with Crippen LogP contribution in [0.25, 0.3) is 0 Å². The van der Waals surface area contributed by atoms with Crippen LogP contribution in [0.1, 0.15) is 45.7 Å². The summed E-state index contributed by atoms with van der Waals surface area (Å²) in [4.78, 5) is 12.0. The van der Waals surface area contributed by atoms with Gasteiger partial charge in [0.2, 0.25) is 5.91 Å². The highest BCUT2D eigenvalue weighted by molar-refractivity contribution is 5.76. The lowest BCUT2D eigenvalue weighted by molar-refractivity contribution is -0.121. The van der Waals surface area contributed by atoms with Gasteiger partial charge in [-0.15, -0.1) is 0 Å². The molecular formula is C17H26N2O. The van der Waals surface area contributed by atoms with Crippen molar-refractivity contribution in [1.29, 1.82) is 0 Å². The summed E-state index contributed by atoms with van der Waals surface area (Å²) in [5, 5.41) is 3.04. The van der Waals surface area contributed by atoms with Crippen molar-refractivity contribution in [3.05, 3.63) is 35.9 Å². The first-order chi connectivity index (χ1) is 9.26. The minimum Gasteiger partial charge on any atom is -0.356 e. The Bertz CT molecular complexity index is 465. The van der Waals surface area contributed by atoms with Gasteiger partial charge in [0, 0.05) is 19.0 Å². The topological polar surface area (TPSA) is 55.1 Å². The second-order valence-corrected chi connectivity index (χ2v) is 7.02. The molecule has 1 fully saturated rings. The van der Waals surface area contributed by atoms with Gasteiger partial charge in [0.05, 0.1) is 0 Å². The van der Waals surface area contributed by atoms with Crippen LogP contribution in [0, 0.1) is 16.7 Å². The van der Waals surface area contributed by atoms with Crippen molar-refractivity contribution in [3.8, 4) is 0 Å². The number of carbonyl (C=O) groups excluding carboxylic acids is 1. The average Bonchev–Trinajstić information content (AvgIpc) is 2.78. The number of nitrogens with two attached hydrogens (primary N) is 1. The van der Waals surface area contributed by atoms with E-state index in [9.17, 15) is 4.79 Å². The minimum absolute atomic E-state index is 0.0415. The summed E-state index contributed by atoms with van der Waals surface area (Å²) in [7, 11) is 0. The number of carbonyl (C=O) groups is 1. The van der Waals surface area contributed by atoms with Gasteiger partial charge in [-0.2, -0.15) is 0 Å². The van der Waals surface area contributed by atoms with E-state index in [4.69, 9.17) is 5.73 Å². The van der Waals surface area contributed by atoms with Crippen molar-refractivity contribution in [1.82, 2.24) is 5.32 Å².